The second-order valence-corrected chi connectivity index (χ2v) is 7.06. The molecule has 2 aromatic rings. The Morgan fingerprint density at radius 2 is 1.90 bits per heavy atom. The summed E-state index contributed by atoms with van der Waals surface area (Å²) in [6.07, 6.45) is 0. The van der Waals surface area contributed by atoms with Crippen molar-refractivity contribution < 1.29 is 12.8 Å². The number of anilines is 1. The molecule has 0 aromatic heterocycles. The van der Waals surface area contributed by atoms with Crippen molar-refractivity contribution in [1.29, 1.82) is 0 Å². The van der Waals surface area contributed by atoms with Crippen molar-refractivity contribution in [1.82, 2.24) is 0 Å². The maximum Gasteiger partial charge on any atom is 0.263 e. The van der Waals surface area contributed by atoms with Gasteiger partial charge in [-0.1, -0.05) is 27.5 Å². The monoisotopic (exact) mass is 377 g/mol. The predicted octanol–water partition coefficient (Wildman–Crippen LogP) is 4.35. The van der Waals surface area contributed by atoms with Crippen LogP contribution >= 0.6 is 27.5 Å². The molecular formula is C13H10BrClFNO2S. The van der Waals surface area contributed by atoms with E-state index in [-0.39, 0.29) is 9.92 Å². The molecule has 0 radical (unpaired) electrons. The van der Waals surface area contributed by atoms with Crippen LogP contribution in [-0.2, 0) is 10.0 Å². The first-order chi connectivity index (χ1) is 9.29. The van der Waals surface area contributed by atoms with Crippen molar-refractivity contribution in [3.63, 3.8) is 0 Å². The molecule has 0 heterocycles. The molecule has 0 saturated carbocycles. The summed E-state index contributed by atoms with van der Waals surface area (Å²) < 4.78 is 40.8. The minimum absolute atomic E-state index is 0.0345. The highest BCUT2D eigenvalue weighted by Crippen LogP contribution is 2.26. The lowest BCUT2D eigenvalue weighted by molar-refractivity contribution is 0.595. The lowest BCUT2D eigenvalue weighted by atomic mass is 10.2. The molecule has 3 nitrogen and oxygen atoms in total. The van der Waals surface area contributed by atoms with Gasteiger partial charge in [0.25, 0.3) is 10.0 Å². The molecule has 2 rings (SSSR count). The van der Waals surface area contributed by atoms with Crippen LogP contribution in [0.25, 0.3) is 0 Å². The summed E-state index contributed by atoms with van der Waals surface area (Å²) in [6, 6.07) is 8.18. The van der Waals surface area contributed by atoms with Gasteiger partial charge in [0.05, 0.1) is 5.02 Å². The minimum atomic E-state index is -3.93. The van der Waals surface area contributed by atoms with Crippen LogP contribution in [0.15, 0.2) is 45.8 Å². The van der Waals surface area contributed by atoms with Gasteiger partial charge in [0.2, 0.25) is 0 Å². The molecule has 0 fully saturated rings. The topological polar surface area (TPSA) is 46.2 Å². The van der Waals surface area contributed by atoms with E-state index in [4.69, 9.17) is 11.6 Å². The van der Waals surface area contributed by atoms with Crippen LogP contribution in [0.5, 0.6) is 0 Å². The van der Waals surface area contributed by atoms with E-state index in [0.29, 0.717) is 5.69 Å². The van der Waals surface area contributed by atoms with Gasteiger partial charge in [-0.25, -0.2) is 12.8 Å². The number of rotatable bonds is 3. The van der Waals surface area contributed by atoms with Gasteiger partial charge in [-0.2, -0.15) is 0 Å². The molecule has 1 N–H and O–H groups in total. The maximum absolute atomic E-state index is 13.2. The number of benzene rings is 2. The normalized spacial score (nSPS) is 11.4. The van der Waals surface area contributed by atoms with E-state index in [1.807, 2.05) is 6.92 Å². The predicted molar refractivity (Wildman–Crippen MR) is 81.1 cm³/mol. The quantitative estimate of drug-likeness (QED) is 0.863. The summed E-state index contributed by atoms with van der Waals surface area (Å²) in [5.41, 5.74) is 1.25. The summed E-state index contributed by atoms with van der Waals surface area (Å²) in [4.78, 5) is -0.292. The largest absolute Gasteiger partial charge is 0.280 e. The molecule has 0 aliphatic rings. The average Bonchev–Trinajstić information content (AvgIpc) is 2.36. The van der Waals surface area contributed by atoms with E-state index in [1.54, 1.807) is 18.2 Å². The molecule has 0 amide bonds. The Hall–Kier alpha value is -1.11. The van der Waals surface area contributed by atoms with E-state index < -0.39 is 15.8 Å². The van der Waals surface area contributed by atoms with Gasteiger partial charge >= 0.3 is 0 Å². The number of hydrogen-bond donors (Lipinski definition) is 1. The van der Waals surface area contributed by atoms with Crippen molar-refractivity contribution in [2.45, 2.75) is 11.8 Å². The maximum atomic E-state index is 13.2. The van der Waals surface area contributed by atoms with Crippen LogP contribution in [0.3, 0.4) is 0 Å². The molecule has 0 atom stereocenters. The molecule has 0 unspecified atom stereocenters. The molecule has 20 heavy (non-hydrogen) atoms. The summed E-state index contributed by atoms with van der Waals surface area (Å²) >= 11 is 9.14. The van der Waals surface area contributed by atoms with Crippen molar-refractivity contribution >= 4 is 43.2 Å². The summed E-state index contributed by atoms with van der Waals surface area (Å²) in [6.45, 7) is 1.83. The van der Waals surface area contributed by atoms with E-state index >= 15 is 0 Å². The van der Waals surface area contributed by atoms with E-state index in [1.165, 1.54) is 6.07 Å². The van der Waals surface area contributed by atoms with Gasteiger partial charge < -0.3 is 0 Å². The molecule has 106 valence electrons. The first-order valence-electron chi connectivity index (χ1n) is 5.53. The Balaban J connectivity index is 2.40. The Kier molecular flexibility index (Phi) is 4.36. The van der Waals surface area contributed by atoms with Gasteiger partial charge in [-0.05, 0) is 48.9 Å². The second-order valence-electron chi connectivity index (χ2n) is 4.14. The number of nitrogens with one attached hydrogen (secondary N) is 1. The number of halogens is 3. The van der Waals surface area contributed by atoms with Crippen molar-refractivity contribution in [3.8, 4) is 0 Å². The highest BCUT2D eigenvalue weighted by molar-refractivity contribution is 9.10. The fourth-order valence-corrected chi connectivity index (χ4v) is 3.41. The molecule has 0 bridgehead atoms. The Labute approximate surface area is 130 Å². The van der Waals surface area contributed by atoms with E-state index in [9.17, 15) is 12.8 Å². The molecule has 7 heteroatoms. The minimum Gasteiger partial charge on any atom is -0.280 e. The Morgan fingerprint density at radius 3 is 2.55 bits per heavy atom. The smallest absolute Gasteiger partial charge is 0.263 e. The fourth-order valence-electron chi connectivity index (χ4n) is 1.60. The Morgan fingerprint density at radius 1 is 1.20 bits per heavy atom. The van der Waals surface area contributed by atoms with Crippen LogP contribution < -0.4 is 4.72 Å². The van der Waals surface area contributed by atoms with Crippen molar-refractivity contribution in [3.05, 3.63) is 57.3 Å². The zero-order valence-electron chi connectivity index (χ0n) is 10.3. The van der Waals surface area contributed by atoms with Crippen LogP contribution in [0.4, 0.5) is 10.1 Å². The third-order valence-corrected chi connectivity index (χ3v) is 5.35. The summed E-state index contributed by atoms with van der Waals surface area (Å²) in [5, 5.41) is -0.0345. The summed E-state index contributed by atoms with van der Waals surface area (Å²) in [5.74, 6) is -0.665. The third kappa shape index (κ3) is 3.31. The molecule has 0 saturated heterocycles. The lowest BCUT2D eigenvalue weighted by Crippen LogP contribution is -2.13. The van der Waals surface area contributed by atoms with Crippen molar-refractivity contribution in [2.24, 2.45) is 0 Å². The van der Waals surface area contributed by atoms with Gasteiger partial charge in [-0.3, -0.25) is 4.72 Å². The van der Waals surface area contributed by atoms with Gasteiger partial charge in [0, 0.05) is 10.2 Å². The number of hydrogen-bond acceptors (Lipinski definition) is 2. The fraction of sp³-hybridized carbons (Fsp3) is 0.0769. The van der Waals surface area contributed by atoms with Crippen LogP contribution in [0, 0.1) is 12.7 Å². The highest BCUT2D eigenvalue weighted by Gasteiger charge is 2.19. The molecule has 0 aliphatic heterocycles. The molecule has 0 aliphatic carbocycles. The van der Waals surface area contributed by atoms with Gasteiger partial charge in [0.15, 0.2) is 0 Å². The van der Waals surface area contributed by atoms with Crippen LogP contribution in [-0.4, -0.2) is 8.42 Å². The van der Waals surface area contributed by atoms with Gasteiger partial charge in [0.1, 0.15) is 10.7 Å². The first kappa shape index (κ1) is 15.3. The zero-order valence-corrected chi connectivity index (χ0v) is 13.5. The molecule has 0 spiro atoms. The second kappa shape index (κ2) is 5.71. The third-order valence-electron chi connectivity index (χ3n) is 2.59. The number of aryl methyl sites for hydroxylation is 1. The number of sulfonamides is 1. The SMILES string of the molecule is Cc1cc(NS(=O)(=O)c2cc(F)ccc2Cl)ccc1Br. The standard InChI is InChI=1S/C13H10BrClFNO2S/c1-8-6-10(3-4-11(8)14)17-20(18,19)13-7-9(16)2-5-12(13)15/h2-7,17H,1H3. The van der Waals surface area contributed by atoms with Crippen molar-refractivity contribution in [2.75, 3.05) is 4.72 Å². The van der Waals surface area contributed by atoms with E-state index in [0.717, 1.165) is 22.2 Å². The molecule has 2 aromatic carbocycles. The Bertz CT molecular complexity index is 765. The van der Waals surface area contributed by atoms with Crippen LogP contribution in [0.2, 0.25) is 5.02 Å². The lowest BCUT2D eigenvalue weighted by Gasteiger charge is -2.10. The van der Waals surface area contributed by atoms with Gasteiger partial charge in [-0.15, -0.1) is 0 Å². The summed E-state index contributed by atoms with van der Waals surface area (Å²) in [7, 11) is -3.93. The molecular weight excluding hydrogens is 369 g/mol. The first-order valence-corrected chi connectivity index (χ1v) is 8.19. The highest BCUT2D eigenvalue weighted by atomic mass is 79.9. The zero-order chi connectivity index (χ0) is 14.9. The van der Waals surface area contributed by atoms with Crippen LogP contribution in [0.1, 0.15) is 5.56 Å². The average molecular weight is 379 g/mol. The van der Waals surface area contributed by atoms with E-state index in [2.05, 4.69) is 20.7 Å².